The first kappa shape index (κ1) is 11.9. The summed E-state index contributed by atoms with van der Waals surface area (Å²) >= 11 is 0. The van der Waals surface area contributed by atoms with Gasteiger partial charge in [0.2, 0.25) is 0 Å². The van der Waals surface area contributed by atoms with E-state index in [-0.39, 0.29) is 27.3 Å². The molecule has 0 amide bonds. The molecule has 0 heterocycles. The fraction of sp³-hybridized carbons (Fsp3) is 0. The number of fused-ring (bicyclic) bond motifs is 4. The molecule has 230 valence electrons. The number of anilines is 3. The predicted octanol–water partition coefficient (Wildman–Crippen LogP) is 13.6. The van der Waals surface area contributed by atoms with Gasteiger partial charge in [-0.05, 0) is 108 Å². The summed E-state index contributed by atoms with van der Waals surface area (Å²) in [5.74, 6) is 0. The Morgan fingerprint density at radius 2 is 0.939 bits per heavy atom. The van der Waals surface area contributed by atoms with Gasteiger partial charge in [0.15, 0.2) is 0 Å². The molecule has 0 unspecified atom stereocenters. The molecule has 0 radical (unpaired) electrons. The van der Waals surface area contributed by atoms with E-state index in [1.807, 2.05) is 0 Å². The Morgan fingerprint density at radius 3 is 1.78 bits per heavy atom. The van der Waals surface area contributed by atoms with Crippen LogP contribution in [0.15, 0.2) is 200 Å². The van der Waals surface area contributed by atoms with Gasteiger partial charge in [0.25, 0.3) is 0 Å². The first-order valence-electron chi connectivity index (χ1n) is 28.6. The highest BCUT2D eigenvalue weighted by Gasteiger charge is 2.15. The highest BCUT2D eigenvalue weighted by Crippen LogP contribution is 2.40. The molecule has 0 aliphatic rings. The summed E-state index contributed by atoms with van der Waals surface area (Å²) in [6.07, 6.45) is 0. The number of nitrogens with zero attached hydrogens (tertiary/aromatic N) is 1. The summed E-state index contributed by atoms with van der Waals surface area (Å²) in [5.41, 5.74) is -4.84. The molecular weight excluding hydrogens is 591 g/mol. The molecule has 1 nitrogen and oxygen atoms in total. The topological polar surface area (TPSA) is 3.24 Å². The van der Waals surface area contributed by atoms with Crippen LogP contribution in [0.1, 0.15) is 38.4 Å². The maximum absolute atomic E-state index is 9.53. The van der Waals surface area contributed by atoms with Gasteiger partial charge in [0.05, 0.1) is 38.4 Å². The van der Waals surface area contributed by atoms with E-state index < -0.39 is 225 Å². The standard InChI is InChI=1S/C48H33N/c1-2-11-34(12-3-1)35-21-27-40(28-22-35)49(41-29-23-37(24-30-41)44-20-10-15-36-13-4-6-16-43(36)44)42-31-25-38(26-32-42)48-33-39-14-5-7-17-45(39)46-18-8-9-19-47(46)48/h1-33H/i1D,2D,3D,4D,5D,6D,7D,8D,9D,10D,11D,12D,13D,14D,15D,16D,17D,18D,20D,21D,22D,23D,25D,26D,27D,28D,29D,33D. The molecule has 1 heteroatoms. The van der Waals surface area contributed by atoms with E-state index in [9.17, 15) is 12.3 Å². The average Bonchev–Trinajstić information content (AvgIpc) is 3.44. The Balaban J connectivity index is 1.39. The second-order valence-electron chi connectivity index (χ2n) is 10.4. The third-order valence-corrected chi connectivity index (χ3v) is 7.58. The summed E-state index contributed by atoms with van der Waals surface area (Å²) in [7, 11) is 0. The monoisotopic (exact) mass is 651 g/mol. The van der Waals surface area contributed by atoms with Crippen molar-refractivity contribution in [1.82, 2.24) is 0 Å². The lowest BCUT2D eigenvalue weighted by molar-refractivity contribution is 1.28. The molecule has 0 bridgehead atoms. The molecule has 0 N–H and O–H groups in total. The number of rotatable bonds is 6. The fourth-order valence-corrected chi connectivity index (χ4v) is 5.35. The molecule has 0 saturated heterocycles. The first-order valence-corrected chi connectivity index (χ1v) is 14.6. The number of benzene rings is 9. The van der Waals surface area contributed by atoms with E-state index in [4.69, 9.17) is 26.0 Å². The summed E-state index contributed by atoms with van der Waals surface area (Å²) < 4.78 is 247. The van der Waals surface area contributed by atoms with Crippen LogP contribution in [-0.4, -0.2) is 0 Å². The molecule has 9 rings (SSSR count). The van der Waals surface area contributed by atoms with Crippen LogP contribution in [0, 0.1) is 0 Å². The Morgan fingerprint density at radius 1 is 0.306 bits per heavy atom. The van der Waals surface area contributed by atoms with Gasteiger partial charge in [-0.25, -0.2) is 0 Å². The quantitative estimate of drug-likeness (QED) is 0.162. The zero-order valence-electron chi connectivity index (χ0n) is 52.8. The van der Waals surface area contributed by atoms with E-state index in [0.717, 1.165) is 35.2 Å². The molecule has 0 fully saturated rings. The van der Waals surface area contributed by atoms with Crippen molar-refractivity contribution in [1.29, 1.82) is 0 Å². The lowest BCUT2D eigenvalue weighted by Gasteiger charge is -2.26. The highest BCUT2D eigenvalue weighted by atomic mass is 15.1. The van der Waals surface area contributed by atoms with E-state index in [1.54, 1.807) is 0 Å². The number of hydrogen-bond acceptors (Lipinski definition) is 1. The van der Waals surface area contributed by atoms with Gasteiger partial charge in [0.1, 0.15) is 0 Å². The molecule has 9 aromatic carbocycles. The maximum Gasteiger partial charge on any atom is 0.0645 e. The van der Waals surface area contributed by atoms with E-state index >= 15 is 0 Å². The van der Waals surface area contributed by atoms with Crippen molar-refractivity contribution in [2.45, 2.75) is 0 Å². The minimum Gasteiger partial charge on any atom is -0.311 e. The van der Waals surface area contributed by atoms with Crippen molar-refractivity contribution in [3.05, 3.63) is 200 Å². The number of hydrogen-bond donors (Lipinski definition) is 0. The Kier molecular flexibility index (Phi) is 2.99. The Labute approximate surface area is 326 Å². The Bertz CT molecular complexity index is 4120. The summed E-state index contributed by atoms with van der Waals surface area (Å²) in [5, 5.41) is -2.22. The third-order valence-electron chi connectivity index (χ3n) is 7.58. The van der Waals surface area contributed by atoms with Gasteiger partial charge < -0.3 is 4.90 Å². The molecule has 0 spiro atoms. The molecule has 49 heavy (non-hydrogen) atoms. The Hall–Kier alpha value is -6.44. The molecular formula is C48H33N. The van der Waals surface area contributed by atoms with Crippen LogP contribution in [0.25, 0.3) is 65.7 Å². The van der Waals surface area contributed by atoms with Gasteiger partial charge in [-0.15, -0.1) is 0 Å². The van der Waals surface area contributed by atoms with Crippen molar-refractivity contribution in [2.24, 2.45) is 0 Å². The van der Waals surface area contributed by atoms with Crippen molar-refractivity contribution in [3.8, 4) is 33.4 Å². The van der Waals surface area contributed by atoms with E-state index in [0.29, 0.717) is 0 Å². The summed E-state index contributed by atoms with van der Waals surface area (Å²) in [6, 6.07) is -16.9. The SMILES string of the molecule is [2H]c1cc2c(-c3c([2H])cc(N(c4ccc(-c5c([2H])c([2H])c([2H])c6c([2H])c([2H])c([2H])c([2H])c56)c([2H])c4[2H])c4c([2H])c([2H])c(-c5c([2H])c([2H])c([2H])c([2H])c5[2H])c([2H])c4[2H])cc3[2H])c([2H])c3c([2H])c([2H])c([2H])c([2H])c3c2c([2H])c1[2H]. The van der Waals surface area contributed by atoms with Crippen molar-refractivity contribution >= 4 is 49.4 Å². The van der Waals surface area contributed by atoms with Gasteiger partial charge in [-0.2, -0.15) is 0 Å². The fourth-order valence-electron chi connectivity index (χ4n) is 5.35. The van der Waals surface area contributed by atoms with Crippen LogP contribution in [-0.2, 0) is 0 Å². The van der Waals surface area contributed by atoms with Gasteiger partial charge >= 0.3 is 0 Å². The van der Waals surface area contributed by atoms with Crippen molar-refractivity contribution < 1.29 is 38.4 Å². The predicted molar refractivity (Wildman–Crippen MR) is 210 cm³/mol. The maximum atomic E-state index is 9.53. The molecule has 0 aromatic heterocycles. The van der Waals surface area contributed by atoms with Crippen molar-refractivity contribution in [3.63, 3.8) is 0 Å². The van der Waals surface area contributed by atoms with Gasteiger partial charge in [0, 0.05) is 17.1 Å². The van der Waals surface area contributed by atoms with Gasteiger partial charge in [-0.1, -0.05) is 157 Å². The molecule has 0 atom stereocenters. The van der Waals surface area contributed by atoms with E-state index in [2.05, 4.69) is 0 Å². The zero-order chi connectivity index (χ0) is 56.9. The van der Waals surface area contributed by atoms with Crippen LogP contribution in [0.2, 0.25) is 0 Å². The lowest BCUT2D eigenvalue weighted by Crippen LogP contribution is -2.09. The van der Waals surface area contributed by atoms with Crippen LogP contribution < -0.4 is 4.90 Å². The van der Waals surface area contributed by atoms with Crippen LogP contribution in [0.5, 0.6) is 0 Å². The largest absolute Gasteiger partial charge is 0.311 e. The van der Waals surface area contributed by atoms with E-state index in [1.165, 1.54) is 0 Å². The normalized spacial score (nSPS) is 19.3. The first-order chi connectivity index (χ1) is 35.9. The average molecular weight is 652 g/mol. The summed E-state index contributed by atoms with van der Waals surface area (Å²) in [6.45, 7) is 0. The van der Waals surface area contributed by atoms with Crippen LogP contribution in [0.3, 0.4) is 0 Å². The minimum absolute atomic E-state index is 0.226. The molecule has 9 aromatic rings. The summed E-state index contributed by atoms with van der Waals surface area (Å²) in [4.78, 5) is 0.831. The smallest absolute Gasteiger partial charge is 0.0645 e. The molecule has 0 aliphatic carbocycles. The minimum atomic E-state index is -0.995. The van der Waals surface area contributed by atoms with Gasteiger partial charge in [-0.3, -0.25) is 0 Å². The van der Waals surface area contributed by atoms with Crippen molar-refractivity contribution in [2.75, 3.05) is 4.90 Å². The zero-order valence-corrected chi connectivity index (χ0v) is 24.8. The molecule has 0 saturated carbocycles. The lowest BCUT2D eigenvalue weighted by atomic mass is 9.93. The highest BCUT2D eigenvalue weighted by molar-refractivity contribution is 6.13. The second-order valence-corrected chi connectivity index (χ2v) is 10.4. The van der Waals surface area contributed by atoms with Crippen LogP contribution in [0.4, 0.5) is 17.1 Å². The second kappa shape index (κ2) is 12.3. The molecule has 0 aliphatic heterocycles. The third kappa shape index (κ3) is 5.32. The van der Waals surface area contributed by atoms with Crippen LogP contribution >= 0.6 is 0 Å².